The minimum absolute atomic E-state index is 0.00774. The van der Waals surface area contributed by atoms with E-state index in [1.54, 1.807) is 33.9 Å². The maximum Gasteiger partial charge on any atom is 0.248 e. The van der Waals surface area contributed by atoms with E-state index < -0.39 is 29.1 Å². The molecule has 3 rings (SSSR count). The summed E-state index contributed by atoms with van der Waals surface area (Å²) in [6.07, 6.45) is 6.01. The van der Waals surface area contributed by atoms with Crippen LogP contribution in [-0.4, -0.2) is 94.1 Å². The Morgan fingerprint density at radius 2 is 1.94 bits per heavy atom. The summed E-state index contributed by atoms with van der Waals surface area (Å²) in [5.41, 5.74) is -1.91. The average Bonchev–Trinajstić information content (AvgIpc) is 3.32. The number of nitrogens with zero attached hydrogens (tertiary/aromatic N) is 3. The van der Waals surface area contributed by atoms with Gasteiger partial charge in [-0.25, -0.2) is 0 Å². The van der Waals surface area contributed by atoms with Gasteiger partial charge in [0.15, 0.2) is 0 Å². The monoisotopic (exact) mass is 489 g/mol. The van der Waals surface area contributed by atoms with Gasteiger partial charge in [0.2, 0.25) is 17.7 Å². The van der Waals surface area contributed by atoms with Crippen molar-refractivity contribution >= 4 is 17.7 Å². The topological polar surface area (TPSA) is 90.4 Å². The number of hydrogen-bond acceptors (Lipinski definition) is 5. The molecule has 0 aromatic carbocycles. The van der Waals surface area contributed by atoms with Crippen LogP contribution in [0.25, 0.3) is 0 Å². The molecule has 0 saturated carbocycles. The van der Waals surface area contributed by atoms with E-state index >= 15 is 0 Å². The molecule has 0 aromatic rings. The van der Waals surface area contributed by atoms with Gasteiger partial charge < -0.3 is 24.5 Å². The first-order chi connectivity index (χ1) is 16.5. The molecule has 2 bridgehead atoms. The third-order valence-electron chi connectivity index (χ3n) is 8.50. The lowest BCUT2D eigenvalue weighted by molar-refractivity contribution is -0.155. The molecule has 0 aliphatic carbocycles. The molecule has 35 heavy (non-hydrogen) atoms. The van der Waals surface area contributed by atoms with Gasteiger partial charge in [0.05, 0.1) is 17.4 Å². The third-order valence-corrected chi connectivity index (χ3v) is 8.50. The highest BCUT2D eigenvalue weighted by Crippen LogP contribution is 2.65. The molecular formula is C27H43N3O5. The van der Waals surface area contributed by atoms with E-state index in [9.17, 15) is 19.5 Å². The highest BCUT2D eigenvalue weighted by molar-refractivity contribution is 5.99. The lowest BCUT2D eigenvalue weighted by Crippen LogP contribution is -2.58. The maximum absolute atomic E-state index is 14.3. The Bertz CT molecular complexity index is 862. The first kappa shape index (κ1) is 27.4. The van der Waals surface area contributed by atoms with Gasteiger partial charge in [-0.05, 0) is 39.0 Å². The van der Waals surface area contributed by atoms with Crippen LogP contribution in [0.2, 0.25) is 0 Å². The predicted octanol–water partition coefficient (Wildman–Crippen LogP) is 2.23. The summed E-state index contributed by atoms with van der Waals surface area (Å²) in [6, 6.07) is -0.865. The number of likely N-dealkylation sites (N-methyl/N-ethyl adjacent to an activating group) is 1. The van der Waals surface area contributed by atoms with E-state index in [-0.39, 0.29) is 42.8 Å². The zero-order valence-corrected chi connectivity index (χ0v) is 22.0. The molecule has 7 atom stereocenters. The fraction of sp³-hybridized carbons (Fsp3) is 0.741. The van der Waals surface area contributed by atoms with E-state index in [4.69, 9.17) is 4.74 Å². The second kappa shape index (κ2) is 10.4. The third kappa shape index (κ3) is 4.22. The molecule has 3 amide bonds. The fourth-order valence-electron chi connectivity index (χ4n) is 6.75. The van der Waals surface area contributed by atoms with Crippen molar-refractivity contribution < 1.29 is 24.2 Å². The largest absolute Gasteiger partial charge is 0.396 e. The number of carbonyl (C=O) groups is 3. The van der Waals surface area contributed by atoms with Crippen LogP contribution >= 0.6 is 0 Å². The number of aliphatic hydroxyl groups excluding tert-OH is 1. The van der Waals surface area contributed by atoms with E-state index in [1.807, 2.05) is 20.8 Å². The molecule has 0 radical (unpaired) electrons. The zero-order chi connectivity index (χ0) is 26.1. The first-order valence-corrected chi connectivity index (χ1v) is 12.9. The standard InChI is InChI=1S/C27H43N3O5/c1-8-12-19(5)29(14-10-3)25(34)22-27-17-18(4)26(6,35-27)20(23(32)28(7)13-9-2)21(27)24(33)30(22)15-11-16-31/h9-10,18-22,31H,2-3,8,11-17H2,1,4-7H3/t18?,19?,20-,21-,22?,26+,27?/m0/s1. The molecule has 3 saturated heterocycles. The lowest BCUT2D eigenvalue weighted by Gasteiger charge is -2.39. The van der Waals surface area contributed by atoms with Gasteiger partial charge in [-0.3, -0.25) is 14.4 Å². The summed E-state index contributed by atoms with van der Waals surface area (Å²) in [7, 11) is 1.71. The molecule has 3 heterocycles. The van der Waals surface area contributed by atoms with Crippen LogP contribution in [0.1, 0.15) is 53.4 Å². The van der Waals surface area contributed by atoms with Gasteiger partial charge in [-0.15, -0.1) is 13.2 Å². The van der Waals surface area contributed by atoms with Gasteiger partial charge in [0, 0.05) is 39.3 Å². The first-order valence-electron chi connectivity index (χ1n) is 12.9. The van der Waals surface area contributed by atoms with Crippen molar-refractivity contribution in [1.82, 2.24) is 14.7 Å². The van der Waals surface area contributed by atoms with Crippen LogP contribution in [-0.2, 0) is 19.1 Å². The minimum Gasteiger partial charge on any atom is -0.396 e. The van der Waals surface area contributed by atoms with Crippen molar-refractivity contribution in [2.45, 2.75) is 76.7 Å². The van der Waals surface area contributed by atoms with Crippen LogP contribution in [0.15, 0.2) is 25.3 Å². The number of rotatable bonds is 12. The van der Waals surface area contributed by atoms with Gasteiger partial charge >= 0.3 is 0 Å². The normalized spacial score (nSPS) is 34.0. The molecule has 1 N–H and O–H groups in total. The van der Waals surface area contributed by atoms with E-state index in [0.29, 0.717) is 25.9 Å². The van der Waals surface area contributed by atoms with Crippen LogP contribution < -0.4 is 0 Å². The fourth-order valence-corrected chi connectivity index (χ4v) is 6.75. The van der Waals surface area contributed by atoms with Crippen molar-refractivity contribution in [2.24, 2.45) is 17.8 Å². The summed E-state index contributed by atoms with van der Waals surface area (Å²) in [5, 5.41) is 9.53. The second-order valence-corrected chi connectivity index (χ2v) is 10.7. The Hall–Kier alpha value is -2.19. The maximum atomic E-state index is 14.3. The minimum atomic E-state index is -1.07. The molecule has 8 nitrogen and oxygen atoms in total. The molecular weight excluding hydrogens is 446 g/mol. The summed E-state index contributed by atoms with van der Waals surface area (Å²) >= 11 is 0. The van der Waals surface area contributed by atoms with Gasteiger partial charge in [0.1, 0.15) is 11.6 Å². The number of amides is 3. The molecule has 4 unspecified atom stereocenters. The highest BCUT2D eigenvalue weighted by atomic mass is 16.5. The molecule has 3 aliphatic rings. The van der Waals surface area contributed by atoms with E-state index in [1.165, 1.54) is 0 Å². The Balaban J connectivity index is 2.11. The van der Waals surface area contributed by atoms with Gasteiger partial charge in [-0.1, -0.05) is 32.4 Å². The smallest absolute Gasteiger partial charge is 0.248 e. The van der Waals surface area contributed by atoms with Gasteiger partial charge in [-0.2, -0.15) is 0 Å². The molecule has 3 aliphatic heterocycles. The Kier molecular flexibility index (Phi) is 8.16. The summed E-state index contributed by atoms with van der Waals surface area (Å²) in [5.74, 6) is -1.96. The lowest BCUT2D eigenvalue weighted by atomic mass is 9.62. The molecule has 196 valence electrons. The number of carbonyl (C=O) groups excluding carboxylic acids is 3. The number of fused-ring (bicyclic) bond motifs is 1. The Morgan fingerprint density at radius 1 is 1.29 bits per heavy atom. The van der Waals surface area contributed by atoms with Crippen LogP contribution in [0, 0.1) is 17.8 Å². The second-order valence-electron chi connectivity index (χ2n) is 10.7. The molecule has 8 heteroatoms. The highest BCUT2D eigenvalue weighted by Gasteiger charge is 2.80. The quantitative estimate of drug-likeness (QED) is 0.425. The van der Waals surface area contributed by atoms with Crippen molar-refractivity contribution in [3.8, 4) is 0 Å². The van der Waals surface area contributed by atoms with E-state index in [2.05, 4.69) is 20.1 Å². The number of ether oxygens (including phenoxy) is 1. The zero-order valence-electron chi connectivity index (χ0n) is 22.0. The van der Waals surface area contributed by atoms with Crippen molar-refractivity contribution in [1.29, 1.82) is 0 Å². The van der Waals surface area contributed by atoms with Crippen molar-refractivity contribution in [3.63, 3.8) is 0 Å². The SMILES string of the molecule is C=CCN(C)C(=O)[C@@H]1[C@H]2C(=O)N(CCCO)C(C(=O)N(CC=C)C(C)CCC)C23CC(C)[C@@]1(C)O3. The van der Waals surface area contributed by atoms with Crippen LogP contribution in [0.4, 0.5) is 0 Å². The summed E-state index contributed by atoms with van der Waals surface area (Å²) < 4.78 is 6.76. The van der Waals surface area contributed by atoms with Gasteiger partial charge in [0.25, 0.3) is 0 Å². The van der Waals surface area contributed by atoms with Crippen molar-refractivity contribution in [3.05, 3.63) is 25.3 Å². The number of hydrogen-bond donors (Lipinski definition) is 1. The van der Waals surface area contributed by atoms with Crippen molar-refractivity contribution in [2.75, 3.05) is 33.3 Å². The van der Waals surface area contributed by atoms with Crippen LogP contribution in [0.5, 0.6) is 0 Å². The predicted molar refractivity (Wildman–Crippen MR) is 134 cm³/mol. The molecule has 3 fully saturated rings. The molecule has 1 spiro atoms. The molecule has 0 aromatic heterocycles. The summed E-state index contributed by atoms with van der Waals surface area (Å²) in [6.45, 7) is 16.5. The Labute approximate surface area is 210 Å². The van der Waals surface area contributed by atoms with E-state index in [0.717, 1.165) is 12.8 Å². The Morgan fingerprint density at radius 3 is 2.51 bits per heavy atom. The average molecular weight is 490 g/mol. The summed E-state index contributed by atoms with van der Waals surface area (Å²) in [4.78, 5) is 46.9. The van der Waals surface area contributed by atoms with Crippen LogP contribution in [0.3, 0.4) is 0 Å². The number of aliphatic hydroxyl groups is 1. The number of likely N-dealkylation sites (tertiary alicyclic amines) is 1.